The summed E-state index contributed by atoms with van der Waals surface area (Å²) >= 11 is 3.39. The average Bonchev–Trinajstić information content (AvgIpc) is 3.16. The summed E-state index contributed by atoms with van der Waals surface area (Å²) in [5, 5.41) is 6.99. The van der Waals surface area contributed by atoms with E-state index in [1.54, 1.807) is 23.9 Å². The Hall–Kier alpha value is -2.54. The van der Waals surface area contributed by atoms with Gasteiger partial charge in [-0.05, 0) is 48.0 Å². The van der Waals surface area contributed by atoms with Crippen LogP contribution in [-0.4, -0.2) is 22.3 Å². The second-order valence-electron chi connectivity index (χ2n) is 5.50. The first-order chi connectivity index (χ1) is 12.0. The first-order valence-corrected chi connectivity index (χ1v) is 8.61. The van der Waals surface area contributed by atoms with E-state index in [9.17, 15) is 4.79 Å². The molecule has 0 saturated carbocycles. The van der Waals surface area contributed by atoms with Crippen LogP contribution in [-0.2, 0) is 6.54 Å². The van der Waals surface area contributed by atoms with Crippen LogP contribution in [0.3, 0.4) is 0 Å². The summed E-state index contributed by atoms with van der Waals surface area (Å²) in [5.41, 5.74) is 1.16. The van der Waals surface area contributed by atoms with Crippen LogP contribution in [0.1, 0.15) is 21.9 Å². The van der Waals surface area contributed by atoms with Crippen LogP contribution in [0.2, 0.25) is 0 Å². The monoisotopic (exact) mass is 403 g/mol. The van der Waals surface area contributed by atoms with Crippen molar-refractivity contribution in [1.29, 1.82) is 0 Å². The van der Waals surface area contributed by atoms with E-state index in [2.05, 4.69) is 26.3 Å². The topological polar surface area (TPSA) is 69.3 Å². The van der Waals surface area contributed by atoms with Crippen LogP contribution in [0, 0.1) is 13.8 Å². The van der Waals surface area contributed by atoms with Gasteiger partial charge in [-0.2, -0.15) is 5.10 Å². The van der Waals surface area contributed by atoms with E-state index in [0.717, 1.165) is 0 Å². The number of carbonyl (C=O) groups excluding carboxylic acids is 1. The fourth-order valence-electron chi connectivity index (χ4n) is 2.46. The van der Waals surface area contributed by atoms with Gasteiger partial charge >= 0.3 is 0 Å². The van der Waals surface area contributed by atoms with Gasteiger partial charge in [0.25, 0.3) is 5.91 Å². The van der Waals surface area contributed by atoms with Gasteiger partial charge in [0.05, 0.1) is 16.6 Å². The lowest BCUT2D eigenvalue weighted by Gasteiger charge is -2.09. The Morgan fingerprint density at radius 3 is 2.84 bits per heavy atom. The number of halogens is 1. The van der Waals surface area contributed by atoms with Crippen LogP contribution < -0.4 is 10.1 Å². The summed E-state index contributed by atoms with van der Waals surface area (Å²) in [6, 6.07) is 9.16. The van der Waals surface area contributed by atoms with Gasteiger partial charge in [0.2, 0.25) is 0 Å². The second kappa shape index (κ2) is 7.57. The molecule has 25 heavy (non-hydrogen) atoms. The molecule has 0 aliphatic rings. The number of nitrogens with one attached hydrogen (secondary N) is 1. The van der Waals surface area contributed by atoms with Crippen molar-refractivity contribution in [3.63, 3.8) is 0 Å². The molecular weight excluding hydrogens is 386 g/mol. The molecule has 0 spiro atoms. The molecule has 0 unspecified atom stereocenters. The number of carbonyl (C=O) groups is 1. The molecule has 130 valence electrons. The highest BCUT2D eigenvalue weighted by atomic mass is 79.9. The number of amides is 1. The third-order valence-corrected chi connectivity index (χ3v) is 4.61. The Kier molecular flexibility index (Phi) is 5.23. The fraction of sp³-hybridized carbons (Fsp3) is 0.222. The van der Waals surface area contributed by atoms with Crippen molar-refractivity contribution in [3.8, 4) is 5.75 Å². The van der Waals surface area contributed by atoms with E-state index in [4.69, 9.17) is 9.15 Å². The molecule has 2 aromatic heterocycles. The predicted octanol–water partition coefficient (Wildman–Crippen LogP) is 4.19. The van der Waals surface area contributed by atoms with Gasteiger partial charge in [-0.3, -0.25) is 9.48 Å². The number of hydrogen-bond acceptors (Lipinski definition) is 4. The first kappa shape index (κ1) is 17.3. The van der Waals surface area contributed by atoms with Crippen molar-refractivity contribution in [2.24, 2.45) is 0 Å². The zero-order chi connectivity index (χ0) is 17.8. The predicted molar refractivity (Wildman–Crippen MR) is 98.0 cm³/mol. The lowest BCUT2D eigenvalue weighted by atomic mass is 10.2. The highest BCUT2D eigenvalue weighted by molar-refractivity contribution is 9.10. The quantitative estimate of drug-likeness (QED) is 0.669. The van der Waals surface area contributed by atoms with E-state index >= 15 is 0 Å². The largest absolute Gasteiger partial charge is 0.492 e. The number of anilines is 1. The minimum absolute atomic E-state index is 0.227. The number of nitrogens with zero attached hydrogens (tertiary/aromatic N) is 2. The molecule has 0 aliphatic carbocycles. The highest BCUT2D eigenvalue weighted by Crippen LogP contribution is 2.28. The van der Waals surface area contributed by atoms with Gasteiger partial charge in [-0.25, -0.2) is 0 Å². The zero-order valence-electron chi connectivity index (χ0n) is 14.0. The molecule has 1 aromatic carbocycles. The third kappa shape index (κ3) is 4.11. The average molecular weight is 404 g/mol. The Labute approximate surface area is 153 Å². The maximum Gasteiger partial charge on any atom is 0.260 e. The number of benzene rings is 1. The molecule has 6 nitrogen and oxygen atoms in total. The number of aryl methyl sites for hydroxylation is 2. The molecule has 0 atom stereocenters. The molecule has 0 saturated heterocycles. The molecule has 3 rings (SSSR count). The van der Waals surface area contributed by atoms with Crippen LogP contribution >= 0.6 is 15.9 Å². The van der Waals surface area contributed by atoms with Crippen LogP contribution in [0.4, 0.5) is 5.69 Å². The van der Waals surface area contributed by atoms with Crippen molar-refractivity contribution < 1.29 is 13.9 Å². The minimum atomic E-state index is -0.227. The van der Waals surface area contributed by atoms with E-state index < -0.39 is 0 Å². The second-order valence-corrected chi connectivity index (χ2v) is 6.30. The van der Waals surface area contributed by atoms with Crippen LogP contribution in [0.25, 0.3) is 0 Å². The maximum atomic E-state index is 12.5. The van der Waals surface area contributed by atoms with Gasteiger partial charge in [0.15, 0.2) is 0 Å². The van der Waals surface area contributed by atoms with Gasteiger partial charge < -0.3 is 14.5 Å². The Balaban J connectivity index is 1.64. The Bertz CT molecular complexity index is 872. The normalized spacial score (nSPS) is 10.7. The fourth-order valence-corrected chi connectivity index (χ4v) is 3.00. The van der Waals surface area contributed by atoms with E-state index in [-0.39, 0.29) is 5.91 Å². The Morgan fingerprint density at radius 2 is 2.16 bits per heavy atom. The lowest BCUT2D eigenvalue weighted by Crippen LogP contribution is -2.13. The zero-order valence-corrected chi connectivity index (χ0v) is 15.5. The number of furan rings is 1. The number of hydrogen-bond donors (Lipinski definition) is 1. The molecule has 0 fully saturated rings. The molecule has 1 amide bonds. The SMILES string of the molecule is Cc1oc(C)c(C(=O)Nc2cccc(OCCn3cccn3)c2)c1Br. The lowest BCUT2D eigenvalue weighted by molar-refractivity contribution is 0.102. The summed E-state index contributed by atoms with van der Waals surface area (Å²) in [5.74, 6) is 1.71. The molecule has 0 bridgehead atoms. The standard InChI is InChI=1S/C18H18BrN3O3/c1-12-16(17(19)13(2)25-12)18(23)21-14-5-3-6-15(11-14)24-10-9-22-8-4-7-20-22/h3-8,11H,9-10H2,1-2H3,(H,21,23). The molecule has 0 radical (unpaired) electrons. The summed E-state index contributed by atoms with van der Waals surface area (Å²) < 4.78 is 13.7. The summed E-state index contributed by atoms with van der Waals surface area (Å²) in [7, 11) is 0. The molecule has 3 aromatic rings. The highest BCUT2D eigenvalue weighted by Gasteiger charge is 2.19. The summed E-state index contributed by atoms with van der Waals surface area (Å²) in [6.07, 6.45) is 3.61. The van der Waals surface area contributed by atoms with E-state index in [1.807, 2.05) is 37.4 Å². The minimum Gasteiger partial charge on any atom is -0.492 e. The van der Waals surface area contributed by atoms with Gasteiger partial charge in [0, 0.05) is 24.1 Å². The third-order valence-electron chi connectivity index (χ3n) is 3.65. The number of rotatable bonds is 6. The van der Waals surface area contributed by atoms with Gasteiger partial charge in [-0.15, -0.1) is 0 Å². The van der Waals surface area contributed by atoms with E-state index in [0.29, 0.717) is 46.1 Å². The smallest absolute Gasteiger partial charge is 0.260 e. The van der Waals surface area contributed by atoms with Gasteiger partial charge in [-0.1, -0.05) is 6.07 Å². The van der Waals surface area contributed by atoms with Crippen molar-refractivity contribution in [3.05, 3.63) is 64.3 Å². The molecule has 0 aliphatic heterocycles. The molecule has 1 N–H and O–H groups in total. The van der Waals surface area contributed by atoms with Crippen molar-refractivity contribution in [2.75, 3.05) is 11.9 Å². The molecular formula is C18H18BrN3O3. The van der Waals surface area contributed by atoms with E-state index in [1.165, 1.54) is 0 Å². The maximum absolute atomic E-state index is 12.5. The van der Waals surface area contributed by atoms with Crippen molar-refractivity contribution in [1.82, 2.24) is 9.78 Å². The van der Waals surface area contributed by atoms with Crippen molar-refractivity contribution in [2.45, 2.75) is 20.4 Å². The van der Waals surface area contributed by atoms with Crippen LogP contribution in [0.15, 0.2) is 51.6 Å². The number of aromatic nitrogens is 2. The number of ether oxygens (including phenoxy) is 1. The Morgan fingerprint density at radius 1 is 1.32 bits per heavy atom. The van der Waals surface area contributed by atoms with Crippen LogP contribution in [0.5, 0.6) is 5.75 Å². The molecule has 7 heteroatoms. The van der Waals surface area contributed by atoms with Gasteiger partial charge in [0.1, 0.15) is 23.9 Å². The summed E-state index contributed by atoms with van der Waals surface area (Å²) in [6.45, 7) is 4.72. The molecule has 2 heterocycles. The van der Waals surface area contributed by atoms with Crippen molar-refractivity contribution >= 4 is 27.5 Å². The first-order valence-electron chi connectivity index (χ1n) is 7.81. The summed E-state index contributed by atoms with van der Waals surface area (Å²) in [4.78, 5) is 12.5.